The fourth-order valence-corrected chi connectivity index (χ4v) is 2.44. The Morgan fingerprint density at radius 1 is 1.27 bits per heavy atom. The summed E-state index contributed by atoms with van der Waals surface area (Å²) in [7, 11) is -2.62. The molecule has 3 heteroatoms. The molecule has 1 rings (SSSR count). The largest absolute Gasteiger partial charge is 0.443 e. The smallest absolute Gasteiger partial charge is 0.250 e. The molecule has 0 aliphatic rings. The third-order valence-electron chi connectivity index (χ3n) is 2.99. The summed E-state index contributed by atoms with van der Waals surface area (Å²) in [4.78, 5) is 0. The van der Waals surface area contributed by atoms with Gasteiger partial charge in [0.15, 0.2) is 0 Å². The van der Waals surface area contributed by atoms with Gasteiger partial charge in [-0.25, -0.2) is 0 Å². The predicted octanol–water partition coefficient (Wildman–Crippen LogP) is 4.16. The second-order valence-electron chi connectivity index (χ2n) is 4.42. The van der Waals surface area contributed by atoms with Crippen LogP contribution in [0.5, 0.6) is 5.75 Å². The molecule has 1 unspecified atom stereocenters. The number of hydrogen-bond donors (Lipinski definition) is 0. The van der Waals surface area contributed by atoms with Crippen LogP contribution < -0.4 is 4.52 Å². The van der Waals surface area contributed by atoms with Crippen molar-refractivity contribution in [3.8, 4) is 5.75 Å². The van der Waals surface area contributed by atoms with Crippen LogP contribution in [-0.2, 0) is 4.57 Å². The quantitative estimate of drug-likeness (QED) is 0.720. The van der Waals surface area contributed by atoms with E-state index in [2.05, 4.69) is 0 Å². The summed E-state index contributed by atoms with van der Waals surface area (Å²) in [5.74, 6) is 0.685. The van der Waals surface area contributed by atoms with E-state index in [0.29, 0.717) is 5.75 Å². The van der Waals surface area contributed by atoms with E-state index in [4.69, 9.17) is 4.52 Å². The lowest BCUT2D eigenvalue weighted by atomic mass is 10.1. The maximum atomic E-state index is 12.4. The highest BCUT2D eigenvalue weighted by atomic mass is 31.2. The van der Waals surface area contributed by atoms with Gasteiger partial charge in [-0.2, -0.15) is 0 Å². The SMILES string of the molecule is CCC(C)(C)P(C)(=O)Oc1ccccc1. The minimum absolute atomic E-state index is 0.275. The zero-order chi connectivity index (χ0) is 11.5. The van der Waals surface area contributed by atoms with Crippen molar-refractivity contribution in [3.63, 3.8) is 0 Å². The van der Waals surface area contributed by atoms with Gasteiger partial charge in [-0.15, -0.1) is 0 Å². The lowest BCUT2D eigenvalue weighted by molar-refractivity contribution is 0.444. The van der Waals surface area contributed by atoms with Crippen LogP contribution in [0, 0.1) is 0 Å². The van der Waals surface area contributed by atoms with Crippen LogP contribution in [0.15, 0.2) is 30.3 Å². The number of rotatable bonds is 4. The predicted molar refractivity (Wildman–Crippen MR) is 65.0 cm³/mol. The van der Waals surface area contributed by atoms with Gasteiger partial charge in [-0.3, -0.25) is 4.57 Å². The molecule has 0 N–H and O–H groups in total. The number of para-hydroxylation sites is 1. The zero-order valence-corrected chi connectivity index (χ0v) is 10.8. The van der Waals surface area contributed by atoms with E-state index in [1.54, 1.807) is 6.66 Å². The molecule has 0 aromatic heterocycles. The fraction of sp³-hybridized carbons (Fsp3) is 0.500. The molecule has 0 saturated heterocycles. The van der Waals surface area contributed by atoms with Crippen LogP contribution in [0.3, 0.4) is 0 Å². The molecule has 0 saturated carbocycles. The molecular formula is C12H19O2P. The van der Waals surface area contributed by atoms with Crippen molar-refractivity contribution < 1.29 is 9.09 Å². The van der Waals surface area contributed by atoms with Gasteiger partial charge < -0.3 is 4.52 Å². The average Bonchev–Trinajstić information content (AvgIpc) is 2.18. The van der Waals surface area contributed by atoms with Crippen molar-refractivity contribution in [1.29, 1.82) is 0 Å². The lowest BCUT2D eigenvalue weighted by Gasteiger charge is -2.30. The Hall–Kier alpha value is -0.750. The van der Waals surface area contributed by atoms with Gasteiger partial charge in [-0.1, -0.05) is 25.1 Å². The van der Waals surface area contributed by atoms with Crippen molar-refractivity contribution >= 4 is 7.37 Å². The van der Waals surface area contributed by atoms with Crippen molar-refractivity contribution in [2.75, 3.05) is 6.66 Å². The van der Waals surface area contributed by atoms with E-state index >= 15 is 0 Å². The zero-order valence-electron chi connectivity index (χ0n) is 9.86. The third-order valence-corrected chi connectivity index (χ3v) is 6.06. The van der Waals surface area contributed by atoms with Crippen LogP contribution in [-0.4, -0.2) is 11.8 Å². The van der Waals surface area contributed by atoms with Crippen LogP contribution in [0.1, 0.15) is 27.2 Å². The monoisotopic (exact) mass is 226 g/mol. The summed E-state index contributed by atoms with van der Waals surface area (Å²) >= 11 is 0. The van der Waals surface area contributed by atoms with Gasteiger partial charge in [0.2, 0.25) is 7.37 Å². The summed E-state index contributed by atoms with van der Waals surface area (Å²) in [6.07, 6.45) is 0.841. The summed E-state index contributed by atoms with van der Waals surface area (Å²) in [5, 5.41) is -0.275. The van der Waals surface area contributed by atoms with E-state index in [0.717, 1.165) is 6.42 Å². The summed E-state index contributed by atoms with van der Waals surface area (Å²) in [6, 6.07) is 9.35. The van der Waals surface area contributed by atoms with Crippen molar-refractivity contribution in [1.82, 2.24) is 0 Å². The first-order valence-corrected chi connectivity index (χ1v) is 7.28. The third kappa shape index (κ3) is 2.85. The fourth-order valence-electron chi connectivity index (χ4n) is 1.09. The Balaban J connectivity index is 2.87. The molecule has 1 aromatic carbocycles. The molecule has 0 bridgehead atoms. The van der Waals surface area contributed by atoms with Gasteiger partial charge in [-0.05, 0) is 32.4 Å². The van der Waals surface area contributed by atoms with E-state index in [9.17, 15) is 4.57 Å². The molecule has 1 atom stereocenters. The first-order valence-electron chi connectivity index (χ1n) is 5.21. The maximum absolute atomic E-state index is 12.4. The van der Waals surface area contributed by atoms with Crippen LogP contribution in [0.4, 0.5) is 0 Å². The summed E-state index contributed by atoms with van der Waals surface area (Å²) in [5.41, 5.74) is 0. The van der Waals surface area contributed by atoms with Crippen molar-refractivity contribution in [2.24, 2.45) is 0 Å². The highest BCUT2D eigenvalue weighted by Gasteiger charge is 2.36. The van der Waals surface area contributed by atoms with E-state index < -0.39 is 7.37 Å². The molecule has 0 fully saturated rings. The highest BCUT2D eigenvalue weighted by Crippen LogP contribution is 2.56. The number of benzene rings is 1. The van der Waals surface area contributed by atoms with Gasteiger partial charge in [0.25, 0.3) is 0 Å². The Bertz CT molecular complexity index is 357. The van der Waals surface area contributed by atoms with Gasteiger partial charge >= 0.3 is 0 Å². The standard InChI is InChI=1S/C12H19O2P/c1-5-12(2,3)15(4,13)14-11-9-7-6-8-10-11/h6-10H,5H2,1-4H3. The van der Waals surface area contributed by atoms with E-state index in [1.807, 2.05) is 51.1 Å². The molecule has 1 aromatic rings. The Kier molecular flexibility index (Phi) is 3.62. The van der Waals surface area contributed by atoms with E-state index in [1.165, 1.54) is 0 Å². The summed E-state index contributed by atoms with van der Waals surface area (Å²) < 4.78 is 18.0. The maximum Gasteiger partial charge on any atom is 0.250 e. The second kappa shape index (κ2) is 4.40. The van der Waals surface area contributed by atoms with Crippen LogP contribution in [0.2, 0.25) is 0 Å². The molecule has 0 amide bonds. The van der Waals surface area contributed by atoms with Crippen LogP contribution >= 0.6 is 7.37 Å². The molecule has 2 nitrogen and oxygen atoms in total. The minimum atomic E-state index is -2.62. The highest BCUT2D eigenvalue weighted by molar-refractivity contribution is 7.60. The molecule has 0 aliphatic heterocycles. The first-order chi connectivity index (χ1) is 6.89. The molecule has 0 radical (unpaired) electrons. The summed E-state index contributed by atoms with van der Waals surface area (Å²) in [6.45, 7) is 7.71. The van der Waals surface area contributed by atoms with Crippen molar-refractivity contribution in [2.45, 2.75) is 32.3 Å². The Labute approximate surface area is 92.1 Å². The molecule has 0 aliphatic carbocycles. The topological polar surface area (TPSA) is 26.3 Å². The molecular weight excluding hydrogens is 207 g/mol. The van der Waals surface area contributed by atoms with Gasteiger partial charge in [0.05, 0.1) is 5.16 Å². The minimum Gasteiger partial charge on any atom is -0.443 e. The second-order valence-corrected chi connectivity index (χ2v) is 7.50. The lowest BCUT2D eigenvalue weighted by Crippen LogP contribution is -2.21. The normalized spacial score (nSPS) is 15.7. The Morgan fingerprint density at radius 3 is 2.27 bits per heavy atom. The first kappa shape index (κ1) is 12.3. The van der Waals surface area contributed by atoms with Gasteiger partial charge in [0.1, 0.15) is 5.75 Å². The number of hydrogen-bond acceptors (Lipinski definition) is 2. The van der Waals surface area contributed by atoms with Gasteiger partial charge in [0, 0.05) is 6.66 Å². The molecule has 0 heterocycles. The van der Waals surface area contributed by atoms with Crippen molar-refractivity contribution in [3.05, 3.63) is 30.3 Å². The molecule has 15 heavy (non-hydrogen) atoms. The van der Waals surface area contributed by atoms with Crippen LogP contribution in [0.25, 0.3) is 0 Å². The average molecular weight is 226 g/mol. The van der Waals surface area contributed by atoms with E-state index in [-0.39, 0.29) is 5.16 Å². The molecule has 0 spiro atoms. The molecule has 84 valence electrons. The Morgan fingerprint density at radius 2 is 1.80 bits per heavy atom.